The van der Waals surface area contributed by atoms with Gasteiger partial charge in [0.15, 0.2) is 0 Å². The minimum atomic E-state index is 0.627. The van der Waals surface area contributed by atoms with E-state index in [2.05, 4.69) is 31.3 Å². The highest BCUT2D eigenvalue weighted by Gasteiger charge is 2.23. The van der Waals surface area contributed by atoms with Crippen LogP contribution in [0.4, 0.5) is 5.69 Å². The highest BCUT2D eigenvalue weighted by atomic mass is 16.5. The fourth-order valence-electron chi connectivity index (χ4n) is 2.99. The lowest BCUT2D eigenvalue weighted by Gasteiger charge is -2.32. The summed E-state index contributed by atoms with van der Waals surface area (Å²) in [5.41, 5.74) is 1.21. The molecule has 1 aromatic carbocycles. The number of ether oxygens (including phenoxy) is 1. The molecule has 0 radical (unpaired) electrons. The Balaban J connectivity index is 1.95. The summed E-state index contributed by atoms with van der Waals surface area (Å²) in [7, 11) is 1.70. The van der Waals surface area contributed by atoms with E-state index in [1.54, 1.807) is 7.11 Å². The van der Waals surface area contributed by atoms with Crippen LogP contribution in [0.15, 0.2) is 24.3 Å². The molecule has 0 aromatic heterocycles. The van der Waals surface area contributed by atoms with Gasteiger partial charge in [0.05, 0.1) is 7.11 Å². The molecule has 1 aromatic rings. The number of rotatable bonds is 3. The molecule has 2 unspecified atom stereocenters. The van der Waals surface area contributed by atoms with Crippen LogP contribution in [-0.2, 0) is 0 Å². The molecular formula is C15H23NO. The van der Waals surface area contributed by atoms with Gasteiger partial charge < -0.3 is 10.1 Å². The van der Waals surface area contributed by atoms with Crippen LogP contribution in [0.1, 0.15) is 33.1 Å². The number of hydrogen-bond acceptors (Lipinski definition) is 2. The van der Waals surface area contributed by atoms with E-state index >= 15 is 0 Å². The molecular weight excluding hydrogens is 210 g/mol. The molecule has 2 nitrogen and oxygen atoms in total. The Hall–Kier alpha value is -1.18. The molecule has 2 rings (SSSR count). The molecule has 0 bridgehead atoms. The van der Waals surface area contributed by atoms with E-state index < -0.39 is 0 Å². The first kappa shape index (κ1) is 12.3. The van der Waals surface area contributed by atoms with Gasteiger partial charge in [-0.25, -0.2) is 0 Å². The molecule has 1 aliphatic rings. The first-order chi connectivity index (χ1) is 8.17. The Bertz CT molecular complexity index is 336. The molecule has 1 fully saturated rings. The van der Waals surface area contributed by atoms with Gasteiger partial charge in [-0.1, -0.05) is 13.8 Å². The maximum absolute atomic E-state index is 5.17. The lowest BCUT2D eigenvalue weighted by molar-refractivity contribution is 0.281. The largest absolute Gasteiger partial charge is 0.497 e. The number of hydrogen-bond donors (Lipinski definition) is 1. The average molecular weight is 233 g/mol. The van der Waals surface area contributed by atoms with Crippen LogP contribution in [0.25, 0.3) is 0 Å². The van der Waals surface area contributed by atoms with Crippen molar-refractivity contribution in [3.63, 3.8) is 0 Å². The van der Waals surface area contributed by atoms with E-state index in [4.69, 9.17) is 4.74 Å². The second kappa shape index (κ2) is 5.44. The average Bonchev–Trinajstić information content (AvgIpc) is 2.28. The zero-order chi connectivity index (χ0) is 12.3. The summed E-state index contributed by atoms with van der Waals surface area (Å²) in [5, 5.41) is 3.64. The van der Waals surface area contributed by atoms with Crippen LogP contribution in [0.3, 0.4) is 0 Å². The summed E-state index contributed by atoms with van der Waals surface area (Å²) in [6, 6.07) is 8.85. The van der Waals surface area contributed by atoms with E-state index in [0.29, 0.717) is 6.04 Å². The van der Waals surface area contributed by atoms with Gasteiger partial charge in [-0.05, 0) is 55.4 Å². The normalized spacial score (nSPS) is 28.8. The van der Waals surface area contributed by atoms with E-state index in [-0.39, 0.29) is 0 Å². The van der Waals surface area contributed by atoms with E-state index in [1.807, 2.05) is 12.1 Å². The van der Waals surface area contributed by atoms with Gasteiger partial charge in [-0.3, -0.25) is 0 Å². The first-order valence-electron chi connectivity index (χ1n) is 6.58. The van der Waals surface area contributed by atoms with E-state index in [0.717, 1.165) is 17.6 Å². The molecule has 1 saturated carbocycles. The van der Waals surface area contributed by atoms with Crippen LogP contribution in [-0.4, -0.2) is 13.2 Å². The molecule has 0 heterocycles. The molecule has 17 heavy (non-hydrogen) atoms. The summed E-state index contributed by atoms with van der Waals surface area (Å²) in [6.45, 7) is 4.72. The molecule has 0 aliphatic heterocycles. The molecule has 0 saturated heterocycles. The van der Waals surface area contributed by atoms with Crippen molar-refractivity contribution in [2.75, 3.05) is 12.4 Å². The van der Waals surface area contributed by atoms with Crippen molar-refractivity contribution in [1.82, 2.24) is 0 Å². The smallest absolute Gasteiger partial charge is 0.119 e. The maximum Gasteiger partial charge on any atom is 0.119 e. The van der Waals surface area contributed by atoms with E-state index in [9.17, 15) is 0 Å². The van der Waals surface area contributed by atoms with Gasteiger partial charge in [0.1, 0.15) is 5.75 Å². The molecule has 0 amide bonds. The minimum absolute atomic E-state index is 0.627. The Kier molecular flexibility index (Phi) is 3.93. The fraction of sp³-hybridized carbons (Fsp3) is 0.600. The Labute approximate surface area is 104 Å². The van der Waals surface area contributed by atoms with Crippen molar-refractivity contribution in [3.8, 4) is 5.75 Å². The van der Waals surface area contributed by atoms with Crippen LogP contribution >= 0.6 is 0 Å². The molecule has 2 heteroatoms. The topological polar surface area (TPSA) is 21.3 Å². The van der Waals surface area contributed by atoms with Crippen LogP contribution in [0, 0.1) is 11.8 Å². The standard InChI is InChI=1S/C15H23NO/c1-11-8-12(2)10-14(9-11)16-13-4-6-15(17-3)7-5-13/h4-7,11-12,14,16H,8-10H2,1-3H3. The second-order valence-corrected chi connectivity index (χ2v) is 5.49. The van der Waals surface area contributed by atoms with Crippen LogP contribution in [0.5, 0.6) is 5.75 Å². The lowest BCUT2D eigenvalue weighted by Crippen LogP contribution is -2.30. The third kappa shape index (κ3) is 3.39. The van der Waals surface area contributed by atoms with Gasteiger partial charge >= 0.3 is 0 Å². The second-order valence-electron chi connectivity index (χ2n) is 5.49. The lowest BCUT2D eigenvalue weighted by atomic mass is 9.80. The highest BCUT2D eigenvalue weighted by molar-refractivity contribution is 5.47. The molecule has 1 aliphatic carbocycles. The summed E-state index contributed by atoms with van der Waals surface area (Å²) in [4.78, 5) is 0. The molecule has 2 atom stereocenters. The zero-order valence-corrected chi connectivity index (χ0v) is 11.1. The van der Waals surface area contributed by atoms with Gasteiger partial charge in [0, 0.05) is 11.7 Å². The van der Waals surface area contributed by atoms with Gasteiger partial charge in [0.25, 0.3) is 0 Å². The van der Waals surface area contributed by atoms with Crippen molar-refractivity contribution in [2.45, 2.75) is 39.2 Å². The van der Waals surface area contributed by atoms with Gasteiger partial charge in [-0.15, -0.1) is 0 Å². The molecule has 0 spiro atoms. The van der Waals surface area contributed by atoms with Crippen molar-refractivity contribution < 1.29 is 4.74 Å². The van der Waals surface area contributed by atoms with Crippen LogP contribution < -0.4 is 10.1 Å². The van der Waals surface area contributed by atoms with Crippen molar-refractivity contribution >= 4 is 5.69 Å². The third-order valence-electron chi connectivity index (χ3n) is 3.64. The summed E-state index contributed by atoms with van der Waals surface area (Å²) >= 11 is 0. The first-order valence-corrected chi connectivity index (χ1v) is 6.58. The highest BCUT2D eigenvalue weighted by Crippen LogP contribution is 2.30. The Morgan fingerprint density at radius 1 is 1.00 bits per heavy atom. The summed E-state index contributed by atoms with van der Waals surface area (Å²) in [5.74, 6) is 2.60. The van der Waals surface area contributed by atoms with Crippen molar-refractivity contribution in [2.24, 2.45) is 11.8 Å². The van der Waals surface area contributed by atoms with Crippen molar-refractivity contribution in [3.05, 3.63) is 24.3 Å². The minimum Gasteiger partial charge on any atom is -0.497 e. The van der Waals surface area contributed by atoms with Crippen LogP contribution in [0.2, 0.25) is 0 Å². The zero-order valence-electron chi connectivity index (χ0n) is 11.1. The molecule has 94 valence electrons. The number of benzene rings is 1. The van der Waals surface area contributed by atoms with Gasteiger partial charge in [0.2, 0.25) is 0 Å². The fourth-order valence-corrected chi connectivity index (χ4v) is 2.99. The maximum atomic E-state index is 5.17. The third-order valence-corrected chi connectivity index (χ3v) is 3.64. The predicted octanol–water partition coefficient (Wildman–Crippen LogP) is 3.93. The number of anilines is 1. The number of nitrogens with one attached hydrogen (secondary N) is 1. The Morgan fingerprint density at radius 3 is 2.12 bits per heavy atom. The van der Waals surface area contributed by atoms with Gasteiger partial charge in [-0.2, -0.15) is 0 Å². The van der Waals surface area contributed by atoms with Crippen molar-refractivity contribution in [1.29, 1.82) is 0 Å². The SMILES string of the molecule is COc1ccc(NC2CC(C)CC(C)C2)cc1. The summed E-state index contributed by atoms with van der Waals surface area (Å²) < 4.78 is 5.17. The predicted molar refractivity (Wildman–Crippen MR) is 72.6 cm³/mol. The molecule has 1 N–H and O–H groups in total. The summed E-state index contributed by atoms with van der Waals surface area (Å²) in [6.07, 6.45) is 3.95. The van der Waals surface area contributed by atoms with E-state index in [1.165, 1.54) is 24.9 Å². The Morgan fingerprint density at radius 2 is 1.59 bits per heavy atom. The quantitative estimate of drug-likeness (QED) is 0.854. The number of methoxy groups -OCH3 is 1. The monoisotopic (exact) mass is 233 g/mol.